The maximum absolute atomic E-state index is 12.5. The second kappa shape index (κ2) is 10.2. The molecule has 6 heteroatoms. The van der Waals surface area contributed by atoms with Crippen molar-refractivity contribution in [2.24, 2.45) is 5.92 Å². The Labute approximate surface area is 171 Å². The largest absolute Gasteiger partial charge is 0.352 e. The lowest BCUT2D eigenvalue weighted by atomic mass is 9.93. The highest BCUT2D eigenvalue weighted by atomic mass is 35.5. The molecule has 5 nitrogen and oxygen atoms in total. The van der Waals surface area contributed by atoms with Crippen LogP contribution in [0.4, 0.5) is 0 Å². The Morgan fingerprint density at radius 1 is 1.21 bits per heavy atom. The average molecular weight is 400 g/mol. The molecule has 1 fully saturated rings. The van der Waals surface area contributed by atoms with E-state index in [1.807, 2.05) is 41.3 Å². The van der Waals surface area contributed by atoms with E-state index in [2.05, 4.69) is 10.3 Å². The van der Waals surface area contributed by atoms with Crippen LogP contribution >= 0.6 is 11.6 Å². The van der Waals surface area contributed by atoms with Crippen molar-refractivity contribution in [3.05, 3.63) is 64.9 Å². The minimum atomic E-state index is 0.0266. The second-order valence-corrected chi connectivity index (χ2v) is 7.70. The predicted octanol–water partition coefficient (Wildman–Crippen LogP) is 3.61. The van der Waals surface area contributed by atoms with E-state index in [1.54, 1.807) is 12.4 Å². The highest BCUT2D eigenvalue weighted by Crippen LogP contribution is 2.22. The van der Waals surface area contributed by atoms with E-state index in [0.29, 0.717) is 30.3 Å². The van der Waals surface area contributed by atoms with Crippen molar-refractivity contribution in [3.8, 4) is 0 Å². The number of likely N-dealkylation sites (tertiary alicyclic amines) is 1. The molecule has 1 aromatic carbocycles. The number of piperidine rings is 1. The summed E-state index contributed by atoms with van der Waals surface area (Å²) in [6, 6.07) is 11.3. The summed E-state index contributed by atoms with van der Waals surface area (Å²) < 4.78 is 0. The minimum absolute atomic E-state index is 0.0266. The first-order valence-corrected chi connectivity index (χ1v) is 10.2. The van der Waals surface area contributed by atoms with Gasteiger partial charge in [-0.3, -0.25) is 14.6 Å². The first kappa shape index (κ1) is 20.3. The van der Waals surface area contributed by atoms with Crippen molar-refractivity contribution >= 4 is 23.4 Å². The van der Waals surface area contributed by atoms with Gasteiger partial charge in [0.25, 0.3) is 0 Å². The minimum Gasteiger partial charge on any atom is -0.352 e. The van der Waals surface area contributed by atoms with Gasteiger partial charge in [0, 0.05) is 43.5 Å². The summed E-state index contributed by atoms with van der Waals surface area (Å²) in [5.41, 5.74) is 1.86. The molecule has 0 spiro atoms. The van der Waals surface area contributed by atoms with Gasteiger partial charge in [-0.2, -0.15) is 0 Å². The fraction of sp³-hybridized carbons (Fsp3) is 0.409. The van der Waals surface area contributed by atoms with Crippen molar-refractivity contribution in [2.75, 3.05) is 13.1 Å². The van der Waals surface area contributed by atoms with Crippen LogP contribution < -0.4 is 5.32 Å². The van der Waals surface area contributed by atoms with E-state index >= 15 is 0 Å². The molecule has 1 aliphatic rings. The van der Waals surface area contributed by atoms with Crippen molar-refractivity contribution in [3.63, 3.8) is 0 Å². The Hall–Kier alpha value is -2.40. The summed E-state index contributed by atoms with van der Waals surface area (Å²) in [4.78, 5) is 30.7. The molecule has 148 valence electrons. The number of carbonyl (C=O) groups excluding carboxylic acids is 2. The molecule has 1 N–H and O–H groups in total. The van der Waals surface area contributed by atoms with Gasteiger partial charge in [0.1, 0.15) is 0 Å². The normalized spacial score (nSPS) is 16.6. The summed E-state index contributed by atoms with van der Waals surface area (Å²) in [5, 5.41) is 3.60. The zero-order chi connectivity index (χ0) is 19.8. The fourth-order valence-corrected chi connectivity index (χ4v) is 3.78. The van der Waals surface area contributed by atoms with E-state index in [-0.39, 0.29) is 11.8 Å². The lowest BCUT2D eigenvalue weighted by Crippen LogP contribution is -2.41. The van der Waals surface area contributed by atoms with E-state index in [1.165, 1.54) is 0 Å². The number of rotatable bonds is 7. The number of pyridine rings is 1. The summed E-state index contributed by atoms with van der Waals surface area (Å²) in [5.74, 6) is 0.539. The van der Waals surface area contributed by atoms with Gasteiger partial charge in [-0.25, -0.2) is 0 Å². The Morgan fingerprint density at radius 3 is 2.86 bits per heavy atom. The zero-order valence-corrected chi connectivity index (χ0v) is 16.7. The van der Waals surface area contributed by atoms with Gasteiger partial charge in [0.15, 0.2) is 0 Å². The molecule has 0 radical (unpaired) electrons. The average Bonchev–Trinajstić information content (AvgIpc) is 2.72. The van der Waals surface area contributed by atoms with Gasteiger partial charge < -0.3 is 10.2 Å². The number of benzene rings is 1. The van der Waals surface area contributed by atoms with Crippen LogP contribution in [-0.4, -0.2) is 34.8 Å². The smallest absolute Gasteiger partial charge is 0.227 e. The van der Waals surface area contributed by atoms with Gasteiger partial charge in [-0.15, -0.1) is 0 Å². The van der Waals surface area contributed by atoms with Crippen LogP contribution in [0, 0.1) is 5.92 Å². The molecule has 1 aromatic heterocycles. The summed E-state index contributed by atoms with van der Waals surface area (Å²) in [6.07, 6.45) is 7.16. The van der Waals surface area contributed by atoms with Crippen LogP contribution in [0.1, 0.15) is 36.8 Å². The lowest BCUT2D eigenvalue weighted by molar-refractivity contribution is -0.132. The summed E-state index contributed by atoms with van der Waals surface area (Å²) >= 11 is 6.12. The molecule has 0 saturated carbocycles. The van der Waals surface area contributed by atoms with E-state index in [0.717, 1.165) is 43.5 Å². The van der Waals surface area contributed by atoms with Crippen molar-refractivity contribution in [1.29, 1.82) is 0 Å². The maximum atomic E-state index is 12.5. The van der Waals surface area contributed by atoms with Gasteiger partial charge in [0.2, 0.25) is 11.8 Å². The lowest BCUT2D eigenvalue weighted by Gasteiger charge is -2.33. The SMILES string of the molecule is O=C(CCC1CCCN(C(=O)Cc2cccnc2)C1)NCc1ccccc1Cl. The highest BCUT2D eigenvalue weighted by molar-refractivity contribution is 6.31. The first-order chi connectivity index (χ1) is 13.6. The molecular weight excluding hydrogens is 374 g/mol. The number of hydrogen-bond donors (Lipinski definition) is 1. The molecule has 1 unspecified atom stereocenters. The Bertz CT molecular complexity index is 797. The van der Waals surface area contributed by atoms with Crippen LogP contribution in [0.25, 0.3) is 0 Å². The van der Waals surface area contributed by atoms with Crippen molar-refractivity contribution in [1.82, 2.24) is 15.2 Å². The number of aromatic nitrogens is 1. The third-order valence-corrected chi connectivity index (χ3v) is 5.53. The van der Waals surface area contributed by atoms with Gasteiger partial charge >= 0.3 is 0 Å². The molecule has 0 aliphatic carbocycles. The summed E-state index contributed by atoms with van der Waals surface area (Å²) in [6.45, 7) is 1.98. The highest BCUT2D eigenvalue weighted by Gasteiger charge is 2.24. The molecule has 1 saturated heterocycles. The topological polar surface area (TPSA) is 62.3 Å². The monoisotopic (exact) mass is 399 g/mol. The number of amides is 2. The van der Waals surface area contributed by atoms with Gasteiger partial charge in [-0.05, 0) is 48.4 Å². The van der Waals surface area contributed by atoms with Crippen LogP contribution in [0.3, 0.4) is 0 Å². The van der Waals surface area contributed by atoms with Gasteiger partial charge in [0.05, 0.1) is 6.42 Å². The van der Waals surface area contributed by atoms with Crippen LogP contribution in [0.5, 0.6) is 0 Å². The Morgan fingerprint density at radius 2 is 2.07 bits per heavy atom. The third-order valence-electron chi connectivity index (χ3n) is 5.16. The van der Waals surface area contributed by atoms with Crippen molar-refractivity contribution < 1.29 is 9.59 Å². The molecule has 3 rings (SSSR count). The Balaban J connectivity index is 1.41. The molecule has 1 aliphatic heterocycles. The maximum Gasteiger partial charge on any atom is 0.227 e. The fourth-order valence-electron chi connectivity index (χ4n) is 3.58. The number of carbonyl (C=O) groups is 2. The molecule has 28 heavy (non-hydrogen) atoms. The Kier molecular flexibility index (Phi) is 7.43. The van der Waals surface area contributed by atoms with Crippen LogP contribution in [0.15, 0.2) is 48.8 Å². The number of nitrogens with one attached hydrogen (secondary N) is 1. The van der Waals surface area contributed by atoms with Crippen LogP contribution in [0.2, 0.25) is 5.02 Å². The predicted molar refractivity (Wildman–Crippen MR) is 110 cm³/mol. The van der Waals surface area contributed by atoms with E-state index in [9.17, 15) is 9.59 Å². The number of halogens is 1. The van der Waals surface area contributed by atoms with Crippen molar-refractivity contribution in [2.45, 2.75) is 38.6 Å². The summed E-state index contributed by atoms with van der Waals surface area (Å²) in [7, 11) is 0. The molecule has 2 aromatic rings. The molecular formula is C22H26ClN3O2. The molecule has 0 bridgehead atoms. The molecule has 1 atom stereocenters. The van der Waals surface area contributed by atoms with Gasteiger partial charge in [-0.1, -0.05) is 35.9 Å². The first-order valence-electron chi connectivity index (χ1n) is 9.78. The third kappa shape index (κ3) is 6.06. The zero-order valence-electron chi connectivity index (χ0n) is 15.9. The standard InChI is InChI=1S/C22H26ClN3O2/c23-20-8-2-1-7-19(20)15-25-21(27)10-9-17-6-4-12-26(16-17)22(28)13-18-5-3-11-24-14-18/h1-3,5,7-8,11,14,17H,4,6,9-10,12-13,15-16H2,(H,25,27). The molecule has 2 amide bonds. The van der Waals surface area contributed by atoms with Crippen LogP contribution in [-0.2, 0) is 22.6 Å². The number of hydrogen-bond acceptors (Lipinski definition) is 3. The number of nitrogens with zero attached hydrogens (tertiary/aromatic N) is 2. The van der Waals surface area contributed by atoms with E-state index < -0.39 is 0 Å². The second-order valence-electron chi connectivity index (χ2n) is 7.29. The quantitative estimate of drug-likeness (QED) is 0.773. The van der Waals surface area contributed by atoms with E-state index in [4.69, 9.17) is 11.6 Å². The molecule has 2 heterocycles.